The number of hydrogen-bond donors (Lipinski definition) is 0. The zero-order valence-corrected chi connectivity index (χ0v) is 12.7. The number of tetrazole rings is 1. The van der Waals surface area contributed by atoms with E-state index in [1.165, 1.54) is 13.1 Å². The van der Waals surface area contributed by atoms with Crippen LogP contribution in [0.25, 0.3) is 11.9 Å². The molecule has 0 spiro atoms. The number of para-hydroxylation sites is 1. The topological polar surface area (TPSA) is 88.0 Å². The Morgan fingerprint density at radius 1 is 1.48 bits per heavy atom. The molecule has 0 bridgehead atoms. The standard InChI is InChI=1S/C15H15N5O3/c1-4-12-11(9-22-13-8-6-5-7-10(13)2)14(16-23-12)20-15(21)19(3)17-18-20/h4-8H,1,9H2,2-3H3/i5T. The number of aryl methyl sites for hydroxylation is 2. The Morgan fingerprint density at radius 2 is 2.30 bits per heavy atom. The average molecular weight is 315 g/mol. The van der Waals surface area contributed by atoms with Crippen molar-refractivity contribution in [2.45, 2.75) is 13.5 Å². The quantitative estimate of drug-likeness (QED) is 0.708. The van der Waals surface area contributed by atoms with Crippen LogP contribution in [-0.4, -0.2) is 24.9 Å². The summed E-state index contributed by atoms with van der Waals surface area (Å²) in [5.74, 6) is 1.22. The number of ether oxygens (including phenoxy) is 1. The van der Waals surface area contributed by atoms with E-state index in [9.17, 15) is 4.79 Å². The van der Waals surface area contributed by atoms with Crippen LogP contribution in [0.2, 0.25) is 0 Å². The molecule has 0 aliphatic rings. The predicted octanol–water partition coefficient (Wildman–Crippen LogP) is 1.48. The molecule has 0 N–H and O–H groups in total. The summed E-state index contributed by atoms with van der Waals surface area (Å²) in [6.07, 6.45) is 1.48. The Hall–Kier alpha value is -3.16. The molecule has 0 saturated heterocycles. The molecule has 0 amide bonds. The van der Waals surface area contributed by atoms with E-state index in [2.05, 4.69) is 22.2 Å². The van der Waals surface area contributed by atoms with Crippen molar-refractivity contribution < 1.29 is 10.6 Å². The van der Waals surface area contributed by atoms with Crippen molar-refractivity contribution in [2.75, 3.05) is 0 Å². The van der Waals surface area contributed by atoms with Crippen molar-refractivity contribution in [3.63, 3.8) is 0 Å². The number of rotatable bonds is 5. The molecule has 0 aliphatic carbocycles. The highest BCUT2D eigenvalue weighted by atomic mass is 16.5. The second-order valence-electron chi connectivity index (χ2n) is 4.83. The van der Waals surface area contributed by atoms with Crippen molar-refractivity contribution in [2.24, 2.45) is 7.05 Å². The van der Waals surface area contributed by atoms with E-state index < -0.39 is 5.69 Å². The molecule has 3 rings (SSSR count). The molecule has 0 unspecified atom stereocenters. The van der Waals surface area contributed by atoms with Gasteiger partial charge >= 0.3 is 5.69 Å². The van der Waals surface area contributed by atoms with Crippen LogP contribution in [0, 0.1) is 6.92 Å². The lowest BCUT2D eigenvalue weighted by atomic mass is 10.2. The third kappa shape index (κ3) is 2.66. The van der Waals surface area contributed by atoms with Gasteiger partial charge in [-0.3, -0.25) is 0 Å². The van der Waals surface area contributed by atoms with Crippen molar-refractivity contribution in [3.8, 4) is 11.6 Å². The first kappa shape index (κ1) is 13.5. The lowest BCUT2D eigenvalue weighted by Crippen LogP contribution is -2.23. The van der Waals surface area contributed by atoms with Gasteiger partial charge < -0.3 is 9.26 Å². The lowest BCUT2D eigenvalue weighted by Gasteiger charge is -2.08. The van der Waals surface area contributed by atoms with E-state index in [1.54, 1.807) is 18.2 Å². The Kier molecular flexibility index (Phi) is 3.47. The van der Waals surface area contributed by atoms with Crippen LogP contribution in [0.5, 0.6) is 5.75 Å². The number of nitrogens with zero attached hydrogens (tertiary/aromatic N) is 5. The molecule has 3 aromatic rings. The molecule has 2 aromatic heterocycles. The molecule has 8 heteroatoms. The fraction of sp³-hybridized carbons (Fsp3) is 0.200. The maximum Gasteiger partial charge on any atom is 0.369 e. The SMILES string of the molecule is [3H]c1ccc(OCc2c(-n3nnn(C)c3=O)noc2C=C)c(C)c1. The van der Waals surface area contributed by atoms with Crippen molar-refractivity contribution >= 4 is 6.08 Å². The summed E-state index contributed by atoms with van der Waals surface area (Å²) >= 11 is 0. The maximum atomic E-state index is 12.0. The minimum Gasteiger partial charge on any atom is -0.488 e. The van der Waals surface area contributed by atoms with Gasteiger partial charge in [0.1, 0.15) is 12.4 Å². The molecule has 2 heterocycles. The van der Waals surface area contributed by atoms with Crippen LogP contribution in [-0.2, 0) is 13.7 Å². The van der Waals surface area contributed by atoms with Crippen molar-refractivity contribution in [1.82, 2.24) is 24.9 Å². The summed E-state index contributed by atoms with van der Waals surface area (Å²) in [5.41, 5.74) is 0.911. The Bertz CT molecular complexity index is 956. The van der Waals surface area contributed by atoms with E-state index in [-0.39, 0.29) is 12.4 Å². The molecule has 0 saturated carbocycles. The zero-order chi connectivity index (χ0) is 17.3. The monoisotopic (exact) mass is 315 g/mol. The van der Waals surface area contributed by atoms with Crippen molar-refractivity contribution in [1.29, 1.82) is 0 Å². The van der Waals surface area contributed by atoms with E-state index in [1.807, 2.05) is 6.92 Å². The number of aromatic nitrogens is 5. The maximum absolute atomic E-state index is 12.0. The Labute approximate surface area is 133 Å². The molecule has 0 radical (unpaired) electrons. The molecule has 1 aromatic carbocycles. The average Bonchev–Trinajstić information content (AvgIpc) is 3.10. The molecule has 8 nitrogen and oxygen atoms in total. The molecule has 0 fully saturated rings. The molecular weight excluding hydrogens is 298 g/mol. The van der Waals surface area contributed by atoms with Gasteiger partial charge in [0.2, 0.25) is 5.82 Å². The summed E-state index contributed by atoms with van der Waals surface area (Å²) in [4.78, 5) is 12.0. The third-order valence-electron chi connectivity index (χ3n) is 3.30. The number of hydrogen-bond acceptors (Lipinski definition) is 6. The van der Waals surface area contributed by atoms with Crippen LogP contribution in [0.3, 0.4) is 0 Å². The smallest absolute Gasteiger partial charge is 0.369 e. The molecule has 0 aliphatic heterocycles. The van der Waals surface area contributed by atoms with Gasteiger partial charge in [-0.2, -0.15) is 4.68 Å². The van der Waals surface area contributed by atoms with Crippen LogP contribution in [0.1, 0.15) is 18.3 Å². The number of benzene rings is 1. The van der Waals surface area contributed by atoms with Gasteiger partial charge in [0.25, 0.3) is 0 Å². The van der Waals surface area contributed by atoms with E-state index >= 15 is 0 Å². The Balaban J connectivity index is 1.95. The van der Waals surface area contributed by atoms with E-state index in [0.717, 1.165) is 14.9 Å². The normalized spacial score (nSPS) is 11.3. The zero-order valence-electron chi connectivity index (χ0n) is 13.7. The summed E-state index contributed by atoms with van der Waals surface area (Å²) in [5, 5.41) is 11.3. The second kappa shape index (κ2) is 5.91. The van der Waals surface area contributed by atoms with Crippen molar-refractivity contribution in [3.05, 3.63) is 58.2 Å². The lowest BCUT2D eigenvalue weighted by molar-refractivity contribution is 0.301. The van der Waals surface area contributed by atoms with Gasteiger partial charge in [0.15, 0.2) is 5.76 Å². The van der Waals surface area contributed by atoms with Gasteiger partial charge in [0.05, 0.1) is 6.93 Å². The highest BCUT2D eigenvalue weighted by molar-refractivity contribution is 5.50. The van der Waals surface area contributed by atoms with Gasteiger partial charge in [0, 0.05) is 7.05 Å². The predicted molar refractivity (Wildman–Crippen MR) is 82.3 cm³/mol. The molecule has 0 atom stereocenters. The molecule has 118 valence electrons. The largest absolute Gasteiger partial charge is 0.488 e. The van der Waals surface area contributed by atoms with Crippen LogP contribution < -0.4 is 10.4 Å². The first-order valence-electron chi connectivity index (χ1n) is 7.31. The summed E-state index contributed by atoms with van der Waals surface area (Å²) in [7, 11) is 1.49. The summed E-state index contributed by atoms with van der Waals surface area (Å²) in [6.45, 7) is 5.62. The minimum absolute atomic E-state index is 0.0986. The first-order valence-corrected chi connectivity index (χ1v) is 6.81. The fourth-order valence-electron chi connectivity index (χ4n) is 2.03. The van der Waals surface area contributed by atoms with Crippen LogP contribution in [0.4, 0.5) is 0 Å². The van der Waals surface area contributed by atoms with E-state index in [4.69, 9.17) is 10.6 Å². The van der Waals surface area contributed by atoms with Gasteiger partial charge in [-0.05, 0) is 35.1 Å². The highest BCUT2D eigenvalue weighted by Gasteiger charge is 2.20. The van der Waals surface area contributed by atoms with E-state index in [0.29, 0.717) is 23.1 Å². The van der Waals surface area contributed by atoms with Gasteiger partial charge in [-0.25, -0.2) is 4.79 Å². The second-order valence-corrected chi connectivity index (χ2v) is 4.83. The van der Waals surface area contributed by atoms with Crippen LogP contribution >= 0.6 is 0 Å². The van der Waals surface area contributed by atoms with Gasteiger partial charge in [-0.15, -0.1) is 4.68 Å². The summed E-state index contributed by atoms with van der Waals surface area (Å²) in [6, 6.07) is 5.46. The molecular formula is C15H15N5O3. The highest BCUT2D eigenvalue weighted by Crippen LogP contribution is 2.22. The van der Waals surface area contributed by atoms with Crippen LogP contribution in [0.15, 0.2) is 40.1 Å². The minimum atomic E-state index is -0.449. The fourth-order valence-corrected chi connectivity index (χ4v) is 2.03. The van der Waals surface area contributed by atoms with Gasteiger partial charge in [-0.1, -0.05) is 29.9 Å². The first-order chi connectivity index (χ1) is 11.5. The Morgan fingerprint density at radius 3 is 2.96 bits per heavy atom. The third-order valence-corrected chi connectivity index (χ3v) is 3.30. The molecule has 23 heavy (non-hydrogen) atoms. The summed E-state index contributed by atoms with van der Waals surface area (Å²) < 4.78 is 20.7.